The minimum absolute atomic E-state index is 1.16. The predicted octanol–water partition coefficient (Wildman–Crippen LogP) is 2.99. The van der Waals surface area contributed by atoms with Crippen LogP contribution in [0.2, 0.25) is 0 Å². The molecule has 0 atom stereocenters. The zero-order valence-corrected chi connectivity index (χ0v) is 9.41. The van der Waals surface area contributed by atoms with Gasteiger partial charge < -0.3 is 5.32 Å². The van der Waals surface area contributed by atoms with Gasteiger partial charge in [-0.2, -0.15) is 0 Å². The Morgan fingerprint density at radius 1 is 1.31 bits per heavy atom. The van der Waals surface area contributed by atoms with E-state index in [-0.39, 0.29) is 0 Å². The monoisotopic (exact) mass is 197 g/mol. The van der Waals surface area contributed by atoms with Crippen LogP contribution >= 0.6 is 11.3 Å². The summed E-state index contributed by atoms with van der Waals surface area (Å²) in [5.41, 5.74) is 0. The van der Waals surface area contributed by atoms with Crippen molar-refractivity contribution in [1.29, 1.82) is 0 Å². The van der Waals surface area contributed by atoms with Gasteiger partial charge in [-0.15, -0.1) is 11.3 Å². The van der Waals surface area contributed by atoms with Crippen LogP contribution in [-0.2, 0) is 6.42 Å². The van der Waals surface area contributed by atoms with Crippen LogP contribution in [0.5, 0.6) is 0 Å². The minimum Gasteiger partial charge on any atom is -0.317 e. The fraction of sp³-hybridized carbons (Fsp3) is 0.636. The summed E-state index contributed by atoms with van der Waals surface area (Å²) in [5.74, 6) is 0. The smallest absolute Gasteiger partial charge is 0.00485 e. The largest absolute Gasteiger partial charge is 0.317 e. The van der Waals surface area contributed by atoms with Gasteiger partial charge in [-0.1, -0.05) is 6.92 Å². The quantitative estimate of drug-likeness (QED) is 0.691. The number of aryl methyl sites for hydroxylation is 2. The van der Waals surface area contributed by atoms with E-state index < -0.39 is 0 Å². The molecule has 1 heterocycles. The number of hydrogen-bond acceptors (Lipinski definition) is 2. The van der Waals surface area contributed by atoms with Crippen molar-refractivity contribution >= 4 is 11.3 Å². The maximum absolute atomic E-state index is 3.42. The van der Waals surface area contributed by atoms with Crippen molar-refractivity contribution in [2.75, 3.05) is 13.1 Å². The zero-order chi connectivity index (χ0) is 9.52. The summed E-state index contributed by atoms with van der Waals surface area (Å²) in [5, 5.41) is 3.42. The third-order valence-corrected chi connectivity index (χ3v) is 3.06. The second-order valence-electron chi connectivity index (χ2n) is 3.37. The van der Waals surface area contributed by atoms with Gasteiger partial charge in [0.05, 0.1) is 0 Å². The average Bonchev–Trinajstić information content (AvgIpc) is 2.51. The lowest BCUT2D eigenvalue weighted by Crippen LogP contribution is -2.16. The van der Waals surface area contributed by atoms with Crippen molar-refractivity contribution in [3.63, 3.8) is 0 Å². The number of thiophene rings is 1. The molecule has 0 saturated heterocycles. The summed E-state index contributed by atoms with van der Waals surface area (Å²) in [6.45, 7) is 6.69. The molecule has 1 aromatic heterocycles. The molecule has 0 aromatic carbocycles. The van der Waals surface area contributed by atoms with Crippen LogP contribution in [-0.4, -0.2) is 13.1 Å². The highest BCUT2D eigenvalue weighted by Gasteiger charge is 1.95. The van der Waals surface area contributed by atoms with Gasteiger partial charge in [-0.3, -0.25) is 0 Å². The second-order valence-corrected chi connectivity index (χ2v) is 4.74. The van der Waals surface area contributed by atoms with E-state index in [0.717, 1.165) is 13.1 Å². The van der Waals surface area contributed by atoms with Crippen LogP contribution in [0.1, 0.15) is 29.5 Å². The number of nitrogens with one attached hydrogen (secondary N) is 1. The van der Waals surface area contributed by atoms with Gasteiger partial charge in [0.25, 0.3) is 0 Å². The third kappa shape index (κ3) is 4.44. The van der Waals surface area contributed by atoms with Crippen LogP contribution < -0.4 is 5.32 Å². The van der Waals surface area contributed by atoms with Gasteiger partial charge in [0.2, 0.25) is 0 Å². The van der Waals surface area contributed by atoms with E-state index in [2.05, 4.69) is 31.3 Å². The zero-order valence-electron chi connectivity index (χ0n) is 8.60. The molecule has 74 valence electrons. The van der Waals surface area contributed by atoms with E-state index in [9.17, 15) is 0 Å². The fourth-order valence-corrected chi connectivity index (χ4v) is 2.24. The molecule has 0 saturated carbocycles. The van der Waals surface area contributed by atoms with Crippen LogP contribution in [0.4, 0.5) is 0 Å². The summed E-state index contributed by atoms with van der Waals surface area (Å²) in [4.78, 5) is 2.95. The lowest BCUT2D eigenvalue weighted by molar-refractivity contribution is 0.642. The SMILES string of the molecule is CCCNCCCc1ccc(C)s1. The number of rotatable bonds is 6. The van der Waals surface area contributed by atoms with E-state index in [1.165, 1.54) is 29.0 Å². The van der Waals surface area contributed by atoms with E-state index in [1.54, 1.807) is 0 Å². The van der Waals surface area contributed by atoms with E-state index >= 15 is 0 Å². The van der Waals surface area contributed by atoms with Gasteiger partial charge in [-0.25, -0.2) is 0 Å². The van der Waals surface area contributed by atoms with Crippen molar-refractivity contribution in [2.45, 2.75) is 33.1 Å². The fourth-order valence-electron chi connectivity index (χ4n) is 1.31. The highest BCUT2D eigenvalue weighted by atomic mass is 32.1. The maximum Gasteiger partial charge on any atom is 0.00485 e. The Morgan fingerprint density at radius 3 is 2.77 bits per heavy atom. The Morgan fingerprint density at radius 2 is 2.15 bits per heavy atom. The Balaban J connectivity index is 2.06. The molecular weight excluding hydrogens is 178 g/mol. The Bertz CT molecular complexity index is 230. The van der Waals surface area contributed by atoms with Gasteiger partial charge in [0, 0.05) is 9.75 Å². The van der Waals surface area contributed by atoms with Crippen LogP contribution in [0.15, 0.2) is 12.1 Å². The first-order valence-electron chi connectivity index (χ1n) is 5.09. The van der Waals surface area contributed by atoms with Gasteiger partial charge in [0.15, 0.2) is 0 Å². The normalized spacial score (nSPS) is 10.6. The molecule has 1 nitrogen and oxygen atoms in total. The summed E-state index contributed by atoms with van der Waals surface area (Å²) < 4.78 is 0. The van der Waals surface area contributed by atoms with E-state index in [4.69, 9.17) is 0 Å². The summed E-state index contributed by atoms with van der Waals surface area (Å²) >= 11 is 1.92. The van der Waals surface area contributed by atoms with Gasteiger partial charge >= 0.3 is 0 Å². The van der Waals surface area contributed by atoms with Crippen molar-refractivity contribution in [3.05, 3.63) is 21.9 Å². The Hall–Kier alpha value is -0.340. The molecule has 0 aliphatic heterocycles. The molecule has 1 rings (SSSR count). The first kappa shape index (κ1) is 10.7. The topological polar surface area (TPSA) is 12.0 Å². The standard InChI is InChI=1S/C11H19NS/c1-3-8-12-9-4-5-11-7-6-10(2)13-11/h6-7,12H,3-5,8-9H2,1-2H3. The molecule has 0 spiro atoms. The average molecular weight is 197 g/mol. The molecule has 13 heavy (non-hydrogen) atoms. The summed E-state index contributed by atoms with van der Waals surface area (Å²) in [6, 6.07) is 4.46. The molecule has 0 aliphatic carbocycles. The lowest BCUT2D eigenvalue weighted by atomic mass is 10.2. The minimum atomic E-state index is 1.16. The number of hydrogen-bond donors (Lipinski definition) is 1. The second kappa shape index (κ2) is 6.17. The van der Waals surface area contributed by atoms with E-state index in [1.807, 2.05) is 11.3 Å². The molecular formula is C11H19NS. The molecule has 1 N–H and O–H groups in total. The Kier molecular flexibility index (Phi) is 5.09. The first-order valence-corrected chi connectivity index (χ1v) is 5.90. The predicted molar refractivity (Wildman–Crippen MR) is 60.5 cm³/mol. The summed E-state index contributed by atoms with van der Waals surface area (Å²) in [7, 11) is 0. The van der Waals surface area contributed by atoms with Crippen LogP contribution in [0, 0.1) is 6.92 Å². The molecule has 0 radical (unpaired) electrons. The van der Waals surface area contributed by atoms with Crippen molar-refractivity contribution in [2.24, 2.45) is 0 Å². The molecule has 0 bridgehead atoms. The maximum atomic E-state index is 3.42. The first-order chi connectivity index (χ1) is 6.33. The summed E-state index contributed by atoms with van der Waals surface area (Å²) in [6.07, 6.45) is 3.73. The highest BCUT2D eigenvalue weighted by Crippen LogP contribution is 2.16. The molecule has 0 fully saturated rings. The molecule has 0 aliphatic rings. The van der Waals surface area contributed by atoms with Gasteiger partial charge in [-0.05, 0) is 51.4 Å². The highest BCUT2D eigenvalue weighted by molar-refractivity contribution is 7.11. The van der Waals surface area contributed by atoms with Crippen molar-refractivity contribution in [1.82, 2.24) is 5.32 Å². The van der Waals surface area contributed by atoms with Gasteiger partial charge in [0.1, 0.15) is 0 Å². The molecule has 2 heteroatoms. The van der Waals surface area contributed by atoms with Crippen molar-refractivity contribution in [3.8, 4) is 0 Å². The van der Waals surface area contributed by atoms with Crippen LogP contribution in [0.3, 0.4) is 0 Å². The van der Waals surface area contributed by atoms with E-state index in [0.29, 0.717) is 0 Å². The molecule has 0 amide bonds. The van der Waals surface area contributed by atoms with Crippen LogP contribution in [0.25, 0.3) is 0 Å². The third-order valence-electron chi connectivity index (χ3n) is 2.00. The molecule has 0 unspecified atom stereocenters. The van der Waals surface area contributed by atoms with Crippen molar-refractivity contribution < 1.29 is 0 Å². The molecule has 1 aromatic rings. The Labute approximate surface area is 85.2 Å². The lowest BCUT2D eigenvalue weighted by Gasteiger charge is -2.00.